The number of carboxylic acids is 1. The van der Waals surface area contributed by atoms with Crippen LogP contribution in [0.5, 0.6) is 0 Å². The maximum Gasteiger partial charge on any atom is 0.338 e. The van der Waals surface area contributed by atoms with E-state index in [9.17, 15) is 18.4 Å². The highest BCUT2D eigenvalue weighted by atomic mass is 19.1. The quantitative estimate of drug-likeness (QED) is 0.801. The maximum atomic E-state index is 13.2. The number of rotatable bonds is 4. The van der Waals surface area contributed by atoms with Gasteiger partial charge in [0.15, 0.2) is 0 Å². The summed E-state index contributed by atoms with van der Waals surface area (Å²) >= 11 is 0. The Labute approximate surface area is 90.0 Å². The van der Waals surface area contributed by atoms with Gasteiger partial charge in [-0.1, -0.05) is 12.2 Å². The van der Waals surface area contributed by atoms with Crippen molar-refractivity contribution in [2.24, 2.45) is 0 Å². The van der Waals surface area contributed by atoms with Crippen molar-refractivity contribution in [1.82, 2.24) is 0 Å². The maximum absolute atomic E-state index is 13.2. The van der Waals surface area contributed by atoms with Crippen LogP contribution >= 0.6 is 0 Å². The Morgan fingerprint density at radius 2 is 2.00 bits per heavy atom. The molecule has 1 N–H and O–H groups in total. The van der Waals surface area contributed by atoms with Crippen LogP contribution in [-0.2, 0) is 4.79 Å². The monoisotopic (exact) mass is 226 g/mol. The molecule has 3 nitrogen and oxygen atoms in total. The summed E-state index contributed by atoms with van der Waals surface area (Å²) in [5.74, 6) is -3.39. The highest BCUT2D eigenvalue weighted by molar-refractivity contribution is 5.88. The van der Waals surface area contributed by atoms with Crippen LogP contribution in [0.3, 0.4) is 0 Å². The SMILES string of the molecule is O=CCC=Cc1cc(F)c(C(=O)O)cc1F. The van der Waals surface area contributed by atoms with Crippen molar-refractivity contribution in [1.29, 1.82) is 0 Å². The van der Waals surface area contributed by atoms with Gasteiger partial charge in [-0.3, -0.25) is 0 Å². The van der Waals surface area contributed by atoms with Crippen molar-refractivity contribution in [3.05, 3.63) is 41.0 Å². The Bertz CT molecular complexity index is 453. The molecular weight excluding hydrogens is 218 g/mol. The molecule has 0 aliphatic heterocycles. The van der Waals surface area contributed by atoms with E-state index in [-0.39, 0.29) is 12.0 Å². The second-order valence-corrected chi connectivity index (χ2v) is 2.96. The lowest BCUT2D eigenvalue weighted by Gasteiger charge is -2.01. The van der Waals surface area contributed by atoms with E-state index in [1.165, 1.54) is 12.2 Å². The number of hydrogen-bond acceptors (Lipinski definition) is 2. The second kappa shape index (κ2) is 5.16. The summed E-state index contributed by atoms with van der Waals surface area (Å²) in [6, 6.07) is 1.39. The second-order valence-electron chi connectivity index (χ2n) is 2.96. The molecule has 0 unspecified atom stereocenters. The number of carboxylic acid groups (broad SMARTS) is 1. The zero-order valence-corrected chi connectivity index (χ0v) is 8.11. The molecule has 0 aromatic heterocycles. The predicted octanol–water partition coefficient (Wildman–Crippen LogP) is 2.27. The van der Waals surface area contributed by atoms with Crippen LogP contribution in [0.2, 0.25) is 0 Å². The standard InChI is InChI=1S/C11H8F2O3/c12-9-6-8(11(15)16)10(13)5-7(9)3-1-2-4-14/h1,3-6H,2H2,(H,15,16). The van der Waals surface area contributed by atoms with Gasteiger partial charge in [0.2, 0.25) is 0 Å². The average molecular weight is 226 g/mol. The Kier molecular flexibility index (Phi) is 3.88. The van der Waals surface area contributed by atoms with E-state index in [0.717, 1.165) is 6.07 Å². The van der Waals surface area contributed by atoms with Crippen LogP contribution in [0.1, 0.15) is 22.3 Å². The summed E-state index contributed by atoms with van der Waals surface area (Å²) in [7, 11) is 0. The molecule has 84 valence electrons. The minimum absolute atomic E-state index is 0.0851. The van der Waals surface area contributed by atoms with Gasteiger partial charge in [0.1, 0.15) is 17.9 Å². The molecule has 0 saturated carbocycles. The first-order chi connectivity index (χ1) is 7.56. The van der Waals surface area contributed by atoms with Crippen LogP contribution in [-0.4, -0.2) is 17.4 Å². The smallest absolute Gasteiger partial charge is 0.338 e. The zero-order chi connectivity index (χ0) is 12.1. The summed E-state index contributed by atoms with van der Waals surface area (Å²) in [4.78, 5) is 20.5. The van der Waals surface area contributed by atoms with E-state index in [1.54, 1.807) is 0 Å². The first-order valence-corrected chi connectivity index (χ1v) is 4.38. The van der Waals surface area contributed by atoms with E-state index in [2.05, 4.69) is 0 Å². The van der Waals surface area contributed by atoms with Crippen molar-refractivity contribution in [3.8, 4) is 0 Å². The Hall–Kier alpha value is -2.04. The Morgan fingerprint density at radius 3 is 2.56 bits per heavy atom. The number of halogens is 2. The van der Waals surface area contributed by atoms with E-state index >= 15 is 0 Å². The third-order valence-corrected chi connectivity index (χ3v) is 1.85. The van der Waals surface area contributed by atoms with E-state index in [0.29, 0.717) is 12.4 Å². The minimum atomic E-state index is -1.53. The molecule has 0 radical (unpaired) electrons. The summed E-state index contributed by atoms with van der Waals surface area (Å²) < 4.78 is 26.4. The number of aldehydes is 1. The normalized spacial score (nSPS) is 10.6. The fraction of sp³-hybridized carbons (Fsp3) is 0.0909. The van der Waals surface area contributed by atoms with Gasteiger partial charge in [0, 0.05) is 12.0 Å². The first kappa shape index (κ1) is 12.0. The van der Waals surface area contributed by atoms with Gasteiger partial charge in [-0.25, -0.2) is 13.6 Å². The van der Waals surface area contributed by atoms with Gasteiger partial charge < -0.3 is 9.90 Å². The molecule has 0 aliphatic rings. The molecule has 1 aromatic carbocycles. The van der Waals surface area contributed by atoms with Crippen LogP contribution in [0.4, 0.5) is 8.78 Å². The van der Waals surface area contributed by atoms with E-state index < -0.39 is 23.2 Å². The Balaban J connectivity index is 3.10. The predicted molar refractivity (Wildman–Crippen MR) is 53.0 cm³/mol. The first-order valence-electron chi connectivity index (χ1n) is 4.38. The summed E-state index contributed by atoms with van der Waals surface area (Å²) in [6.45, 7) is 0. The summed E-state index contributed by atoms with van der Waals surface area (Å²) in [6.07, 6.45) is 3.27. The van der Waals surface area contributed by atoms with Crippen molar-refractivity contribution >= 4 is 18.3 Å². The van der Waals surface area contributed by atoms with Crippen LogP contribution in [0.25, 0.3) is 6.08 Å². The molecular formula is C11H8F2O3. The molecule has 0 aliphatic carbocycles. The zero-order valence-electron chi connectivity index (χ0n) is 8.11. The number of benzene rings is 1. The fourth-order valence-electron chi connectivity index (χ4n) is 1.10. The molecule has 0 fully saturated rings. The molecule has 0 spiro atoms. The number of aromatic carboxylic acids is 1. The van der Waals surface area contributed by atoms with Crippen molar-refractivity contribution in [2.75, 3.05) is 0 Å². The molecule has 16 heavy (non-hydrogen) atoms. The van der Waals surface area contributed by atoms with Crippen LogP contribution < -0.4 is 0 Å². The molecule has 1 rings (SSSR count). The van der Waals surface area contributed by atoms with Gasteiger partial charge >= 0.3 is 5.97 Å². The molecule has 0 amide bonds. The number of hydrogen-bond donors (Lipinski definition) is 1. The fourth-order valence-corrected chi connectivity index (χ4v) is 1.10. The largest absolute Gasteiger partial charge is 0.478 e. The topological polar surface area (TPSA) is 54.4 Å². The molecule has 0 heterocycles. The Morgan fingerprint density at radius 1 is 1.31 bits per heavy atom. The lowest BCUT2D eigenvalue weighted by atomic mass is 10.1. The third-order valence-electron chi connectivity index (χ3n) is 1.85. The van der Waals surface area contributed by atoms with Crippen molar-refractivity contribution < 1.29 is 23.5 Å². The molecule has 5 heteroatoms. The third kappa shape index (κ3) is 2.73. The summed E-state index contributed by atoms with van der Waals surface area (Å²) in [5, 5.41) is 8.52. The minimum Gasteiger partial charge on any atom is -0.478 e. The van der Waals surface area contributed by atoms with Crippen LogP contribution in [0, 0.1) is 11.6 Å². The average Bonchev–Trinajstić information content (AvgIpc) is 2.22. The summed E-state index contributed by atoms with van der Waals surface area (Å²) in [5.41, 5.74) is -0.811. The van der Waals surface area contributed by atoms with Gasteiger partial charge in [-0.2, -0.15) is 0 Å². The van der Waals surface area contributed by atoms with Gasteiger partial charge in [0.05, 0.1) is 5.56 Å². The molecule has 1 aromatic rings. The van der Waals surface area contributed by atoms with E-state index in [4.69, 9.17) is 5.11 Å². The van der Waals surface area contributed by atoms with Gasteiger partial charge in [-0.05, 0) is 12.1 Å². The van der Waals surface area contributed by atoms with Gasteiger partial charge in [-0.15, -0.1) is 0 Å². The number of carbonyl (C=O) groups excluding carboxylic acids is 1. The molecule has 0 saturated heterocycles. The lowest BCUT2D eigenvalue weighted by molar-refractivity contribution is -0.107. The van der Waals surface area contributed by atoms with Crippen molar-refractivity contribution in [2.45, 2.75) is 6.42 Å². The van der Waals surface area contributed by atoms with Crippen LogP contribution in [0.15, 0.2) is 18.2 Å². The van der Waals surface area contributed by atoms with Gasteiger partial charge in [0.25, 0.3) is 0 Å². The lowest BCUT2D eigenvalue weighted by Crippen LogP contribution is -2.02. The highest BCUT2D eigenvalue weighted by Gasteiger charge is 2.13. The molecule has 0 atom stereocenters. The van der Waals surface area contributed by atoms with E-state index in [1.807, 2.05) is 0 Å². The highest BCUT2D eigenvalue weighted by Crippen LogP contribution is 2.16. The van der Waals surface area contributed by atoms with Crippen molar-refractivity contribution in [3.63, 3.8) is 0 Å². The number of carbonyl (C=O) groups is 2. The number of allylic oxidation sites excluding steroid dienone is 1. The molecule has 0 bridgehead atoms.